The first kappa shape index (κ1) is 10.6. The maximum atomic E-state index is 6.49. The number of benzene rings is 1. The van der Waals surface area contributed by atoms with Crippen molar-refractivity contribution in [1.29, 1.82) is 0 Å². The van der Waals surface area contributed by atoms with Crippen LogP contribution in [0.4, 0.5) is 0 Å². The largest absolute Gasteiger partial charge is 0.459 e. The highest BCUT2D eigenvalue weighted by Crippen LogP contribution is 2.53. The molecule has 1 aromatic heterocycles. The van der Waals surface area contributed by atoms with E-state index in [4.69, 9.17) is 10.2 Å². The van der Waals surface area contributed by atoms with Gasteiger partial charge in [-0.2, -0.15) is 0 Å². The van der Waals surface area contributed by atoms with Gasteiger partial charge in [0, 0.05) is 5.39 Å². The second-order valence-corrected chi connectivity index (χ2v) is 5.96. The maximum absolute atomic E-state index is 6.49. The molecule has 4 rings (SSSR count). The number of hydrogen-bond donors (Lipinski definition) is 1. The number of rotatable bonds is 4. The Hall–Kier alpha value is -1.28. The van der Waals surface area contributed by atoms with Gasteiger partial charge in [-0.15, -0.1) is 0 Å². The molecule has 2 fully saturated rings. The second kappa shape index (κ2) is 3.86. The van der Waals surface area contributed by atoms with E-state index in [0.29, 0.717) is 5.92 Å². The maximum Gasteiger partial charge on any atom is 0.134 e. The van der Waals surface area contributed by atoms with Gasteiger partial charge in [0.25, 0.3) is 0 Å². The van der Waals surface area contributed by atoms with Gasteiger partial charge in [-0.1, -0.05) is 18.2 Å². The minimum absolute atomic E-state index is 0.0948. The highest BCUT2D eigenvalue weighted by molar-refractivity contribution is 5.77. The Labute approximate surface area is 107 Å². The minimum Gasteiger partial charge on any atom is -0.459 e. The summed E-state index contributed by atoms with van der Waals surface area (Å²) in [5.74, 6) is 3.37. The lowest BCUT2D eigenvalue weighted by Gasteiger charge is -2.21. The number of nitrogens with two attached hydrogens (primary N) is 1. The van der Waals surface area contributed by atoms with E-state index < -0.39 is 0 Å². The van der Waals surface area contributed by atoms with E-state index in [1.165, 1.54) is 31.1 Å². The Bertz CT molecular complexity index is 520. The van der Waals surface area contributed by atoms with Crippen LogP contribution in [0.25, 0.3) is 11.0 Å². The molecule has 2 aromatic rings. The third-order valence-corrected chi connectivity index (χ3v) is 4.52. The third-order valence-electron chi connectivity index (χ3n) is 4.52. The third kappa shape index (κ3) is 1.76. The first-order valence-electron chi connectivity index (χ1n) is 7.07. The number of fused-ring (bicyclic) bond motifs is 1. The molecule has 0 spiro atoms. The van der Waals surface area contributed by atoms with E-state index in [2.05, 4.69) is 12.1 Å². The van der Waals surface area contributed by atoms with E-state index in [0.717, 1.165) is 23.2 Å². The van der Waals surface area contributed by atoms with Crippen LogP contribution in [0.3, 0.4) is 0 Å². The second-order valence-electron chi connectivity index (χ2n) is 5.96. The summed E-state index contributed by atoms with van der Waals surface area (Å²) in [6.07, 6.45) is 5.48. The lowest BCUT2D eigenvalue weighted by molar-refractivity contribution is 0.302. The SMILES string of the molecule is NC(c1cc2ccccc2o1)C(C1CC1)C1CC1. The molecule has 2 aliphatic rings. The van der Waals surface area contributed by atoms with Gasteiger partial charge in [0.05, 0.1) is 6.04 Å². The van der Waals surface area contributed by atoms with Crippen LogP contribution in [-0.4, -0.2) is 0 Å². The molecule has 1 heterocycles. The van der Waals surface area contributed by atoms with Crippen molar-refractivity contribution >= 4 is 11.0 Å². The average Bonchev–Trinajstić information content (AvgIpc) is 3.30. The van der Waals surface area contributed by atoms with Gasteiger partial charge in [0.1, 0.15) is 11.3 Å². The average molecular weight is 241 g/mol. The van der Waals surface area contributed by atoms with Crippen LogP contribution < -0.4 is 5.73 Å². The van der Waals surface area contributed by atoms with Gasteiger partial charge in [0.2, 0.25) is 0 Å². The molecule has 0 saturated heterocycles. The molecule has 18 heavy (non-hydrogen) atoms. The molecule has 0 radical (unpaired) electrons. The van der Waals surface area contributed by atoms with Gasteiger partial charge in [-0.25, -0.2) is 0 Å². The Morgan fingerprint density at radius 2 is 1.72 bits per heavy atom. The Morgan fingerprint density at radius 1 is 1.06 bits per heavy atom. The fraction of sp³-hybridized carbons (Fsp3) is 0.500. The summed E-state index contributed by atoms with van der Waals surface area (Å²) < 4.78 is 5.94. The van der Waals surface area contributed by atoms with Crippen LogP contribution in [-0.2, 0) is 0 Å². The first-order chi connectivity index (χ1) is 8.83. The quantitative estimate of drug-likeness (QED) is 0.882. The fourth-order valence-corrected chi connectivity index (χ4v) is 3.29. The molecule has 0 amide bonds. The van der Waals surface area contributed by atoms with Crippen LogP contribution >= 0.6 is 0 Å². The summed E-state index contributed by atoms with van der Waals surface area (Å²) in [7, 11) is 0. The van der Waals surface area contributed by atoms with E-state index in [1.807, 2.05) is 18.2 Å². The Balaban J connectivity index is 1.67. The van der Waals surface area contributed by atoms with Crippen LogP contribution in [0.15, 0.2) is 34.7 Å². The van der Waals surface area contributed by atoms with Crippen LogP contribution in [0.5, 0.6) is 0 Å². The van der Waals surface area contributed by atoms with E-state index in [1.54, 1.807) is 0 Å². The number of furan rings is 1. The van der Waals surface area contributed by atoms with Gasteiger partial charge in [-0.05, 0) is 55.6 Å². The molecule has 2 heteroatoms. The van der Waals surface area contributed by atoms with E-state index >= 15 is 0 Å². The highest BCUT2D eigenvalue weighted by atomic mass is 16.3. The smallest absolute Gasteiger partial charge is 0.134 e. The normalized spacial score (nSPS) is 21.7. The molecule has 94 valence electrons. The van der Waals surface area contributed by atoms with Gasteiger partial charge in [0.15, 0.2) is 0 Å². The minimum atomic E-state index is 0.0948. The van der Waals surface area contributed by atoms with Gasteiger partial charge >= 0.3 is 0 Å². The van der Waals surface area contributed by atoms with Crippen molar-refractivity contribution in [2.45, 2.75) is 31.7 Å². The van der Waals surface area contributed by atoms with Crippen LogP contribution in [0.1, 0.15) is 37.5 Å². The van der Waals surface area contributed by atoms with Crippen molar-refractivity contribution in [3.63, 3.8) is 0 Å². The molecule has 0 bridgehead atoms. The highest BCUT2D eigenvalue weighted by Gasteiger charge is 2.45. The summed E-state index contributed by atoms with van der Waals surface area (Å²) in [5, 5.41) is 1.17. The predicted molar refractivity (Wildman–Crippen MR) is 72.1 cm³/mol. The molecule has 1 aromatic carbocycles. The molecule has 2 N–H and O–H groups in total. The van der Waals surface area contributed by atoms with E-state index in [9.17, 15) is 0 Å². The summed E-state index contributed by atoms with van der Waals surface area (Å²) in [4.78, 5) is 0. The zero-order chi connectivity index (χ0) is 12.1. The first-order valence-corrected chi connectivity index (χ1v) is 7.07. The van der Waals surface area contributed by atoms with Crippen molar-refractivity contribution in [3.05, 3.63) is 36.1 Å². The molecule has 0 aliphatic heterocycles. The van der Waals surface area contributed by atoms with Crippen molar-refractivity contribution in [2.24, 2.45) is 23.5 Å². The number of hydrogen-bond acceptors (Lipinski definition) is 2. The van der Waals surface area contributed by atoms with Crippen LogP contribution in [0.2, 0.25) is 0 Å². The topological polar surface area (TPSA) is 39.2 Å². The van der Waals surface area contributed by atoms with Crippen molar-refractivity contribution in [2.75, 3.05) is 0 Å². The lowest BCUT2D eigenvalue weighted by Crippen LogP contribution is -2.24. The summed E-state index contributed by atoms with van der Waals surface area (Å²) >= 11 is 0. The molecule has 2 aliphatic carbocycles. The predicted octanol–water partition coefficient (Wildman–Crippen LogP) is 3.87. The summed E-state index contributed by atoms with van der Waals surface area (Å²) in [5.41, 5.74) is 7.46. The standard InChI is InChI=1S/C16H19NO/c17-16(15(10-5-6-10)11-7-8-11)14-9-12-3-1-2-4-13(12)18-14/h1-4,9-11,15-16H,5-8,17H2. The molecule has 2 nitrogen and oxygen atoms in total. The van der Waals surface area contributed by atoms with Crippen molar-refractivity contribution in [3.8, 4) is 0 Å². The summed E-state index contributed by atoms with van der Waals surface area (Å²) in [6, 6.07) is 10.4. The molecule has 1 unspecified atom stereocenters. The van der Waals surface area contributed by atoms with Crippen molar-refractivity contribution in [1.82, 2.24) is 0 Å². The molecule has 1 atom stereocenters. The summed E-state index contributed by atoms with van der Waals surface area (Å²) in [6.45, 7) is 0. The zero-order valence-corrected chi connectivity index (χ0v) is 10.5. The monoisotopic (exact) mass is 241 g/mol. The van der Waals surface area contributed by atoms with Crippen LogP contribution in [0, 0.1) is 17.8 Å². The number of para-hydroxylation sites is 1. The fourth-order valence-electron chi connectivity index (χ4n) is 3.29. The van der Waals surface area contributed by atoms with Gasteiger partial charge in [-0.3, -0.25) is 0 Å². The van der Waals surface area contributed by atoms with Gasteiger partial charge < -0.3 is 10.2 Å². The van der Waals surface area contributed by atoms with E-state index in [-0.39, 0.29) is 6.04 Å². The van der Waals surface area contributed by atoms with Crippen molar-refractivity contribution < 1.29 is 4.42 Å². The molecule has 2 saturated carbocycles. The Morgan fingerprint density at radius 3 is 2.33 bits per heavy atom. The lowest BCUT2D eigenvalue weighted by atomic mass is 9.88. The molecular formula is C16H19NO. The Kier molecular flexibility index (Phi) is 2.28. The zero-order valence-electron chi connectivity index (χ0n) is 10.5. The molecular weight excluding hydrogens is 222 g/mol.